The predicted octanol–water partition coefficient (Wildman–Crippen LogP) is 0.579. The topological polar surface area (TPSA) is 92.5 Å². The Balaban J connectivity index is 2.41. The van der Waals surface area contributed by atoms with Crippen LogP contribution in [0.15, 0.2) is 29.2 Å². The maximum Gasteiger partial charge on any atom is 0.289 e. The van der Waals surface area contributed by atoms with Gasteiger partial charge in [-0.1, -0.05) is 12.1 Å². The predicted molar refractivity (Wildman–Crippen MR) is 69.3 cm³/mol. The Morgan fingerprint density at radius 2 is 1.95 bits per heavy atom. The van der Waals surface area contributed by atoms with Crippen LogP contribution in [0, 0.1) is 10.1 Å². The second-order valence-corrected chi connectivity index (χ2v) is 6.14. The molecule has 1 saturated heterocycles. The van der Waals surface area contributed by atoms with Crippen molar-refractivity contribution in [1.29, 1.82) is 0 Å². The lowest BCUT2D eigenvalue weighted by molar-refractivity contribution is -0.387. The zero-order valence-corrected chi connectivity index (χ0v) is 11.1. The molecule has 1 fully saturated rings. The standard InChI is InChI=1S/C11H15N3O4S/c15-14(16)10-4-1-2-5-11(10)19(17,18)13-8-3-6-12-7-9-13/h1-2,4-5,12H,3,6-9H2. The van der Waals surface area contributed by atoms with Crippen molar-refractivity contribution in [3.05, 3.63) is 34.4 Å². The van der Waals surface area contributed by atoms with E-state index in [4.69, 9.17) is 0 Å². The Morgan fingerprint density at radius 1 is 1.21 bits per heavy atom. The van der Waals surface area contributed by atoms with Crippen LogP contribution in [0.3, 0.4) is 0 Å². The fraction of sp³-hybridized carbons (Fsp3) is 0.455. The molecule has 7 nitrogen and oxygen atoms in total. The van der Waals surface area contributed by atoms with E-state index in [-0.39, 0.29) is 10.6 Å². The molecule has 0 bridgehead atoms. The molecule has 1 N–H and O–H groups in total. The van der Waals surface area contributed by atoms with Gasteiger partial charge in [0.1, 0.15) is 0 Å². The third kappa shape index (κ3) is 2.91. The van der Waals surface area contributed by atoms with E-state index in [0.717, 1.165) is 6.54 Å². The van der Waals surface area contributed by atoms with E-state index in [2.05, 4.69) is 5.32 Å². The first-order chi connectivity index (χ1) is 9.03. The van der Waals surface area contributed by atoms with E-state index in [1.165, 1.54) is 28.6 Å². The van der Waals surface area contributed by atoms with Gasteiger partial charge in [-0.05, 0) is 19.0 Å². The molecule has 0 unspecified atom stereocenters. The smallest absolute Gasteiger partial charge is 0.289 e. The van der Waals surface area contributed by atoms with Crippen LogP contribution in [-0.4, -0.2) is 43.8 Å². The number of sulfonamides is 1. The number of hydrogen-bond donors (Lipinski definition) is 1. The monoisotopic (exact) mass is 285 g/mol. The number of rotatable bonds is 3. The van der Waals surface area contributed by atoms with Crippen molar-refractivity contribution in [3.63, 3.8) is 0 Å². The van der Waals surface area contributed by atoms with Crippen LogP contribution in [0.4, 0.5) is 5.69 Å². The highest BCUT2D eigenvalue weighted by Crippen LogP contribution is 2.26. The van der Waals surface area contributed by atoms with E-state index in [0.29, 0.717) is 26.1 Å². The number of para-hydroxylation sites is 1. The molecule has 0 amide bonds. The molecule has 0 radical (unpaired) electrons. The minimum atomic E-state index is -3.81. The van der Waals surface area contributed by atoms with Gasteiger partial charge >= 0.3 is 0 Å². The summed E-state index contributed by atoms with van der Waals surface area (Å²) in [7, 11) is -3.81. The minimum Gasteiger partial charge on any atom is -0.315 e. The van der Waals surface area contributed by atoms with Crippen molar-refractivity contribution in [1.82, 2.24) is 9.62 Å². The summed E-state index contributed by atoms with van der Waals surface area (Å²) < 4.78 is 26.2. The Hall–Kier alpha value is -1.51. The molecule has 0 aromatic heterocycles. The maximum atomic E-state index is 12.5. The third-order valence-corrected chi connectivity index (χ3v) is 4.92. The Bertz CT molecular complexity index is 565. The molecule has 0 aliphatic carbocycles. The first-order valence-corrected chi connectivity index (χ1v) is 7.42. The highest BCUT2D eigenvalue weighted by atomic mass is 32.2. The molecule has 1 aromatic carbocycles. The number of benzene rings is 1. The fourth-order valence-corrected chi connectivity index (χ4v) is 3.66. The lowest BCUT2D eigenvalue weighted by atomic mass is 10.3. The Morgan fingerprint density at radius 3 is 2.68 bits per heavy atom. The van der Waals surface area contributed by atoms with Crippen molar-refractivity contribution in [2.24, 2.45) is 0 Å². The Labute approximate surface area is 111 Å². The highest BCUT2D eigenvalue weighted by molar-refractivity contribution is 7.89. The van der Waals surface area contributed by atoms with Gasteiger partial charge in [0, 0.05) is 25.7 Å². The fourth-order valence-electron chi connectivity index (χ4n) is 2.03. The lowest BCUT2D eigenvalue weighted by Gasteiger charge is -2.19. The second-order valence-electron chi connectivity index (χ2n) is 4.23. The molecule has 19 heavy (non-hydrogen) atoms. The first-order valence-electron chi connectivity index (χ1n) is 5.98. The molecule has 0 saturated carbocycles. The number of hydrogen-bond acceptors (Lipinski definition) is 5. The van der Waals surface area contributed by atoms with Gasteiger partial charge in [-0.25, -0.2) is 8.42 Å². The van der Waals surface area contributed by atoms with E-state index >= 15 is 0 Å². The quantitative estimate of drug-likeness (QED) is 0.647. The van der Waals surface area contributed by atoms with Gasteiger partial charge in [0.25, 0.3) is 5.69 Å². The average Bonchev–Trinajstić information content (AvgIpc) is 2.68. The molecule has 8 heteroatoms. The lowest BCUT2D eigenvalue weighted by Crippen LogP contribution is -2.34. The van der Waals surface area contributed by atoms with Crippen LogP contribution in [0.2, 0.25) is 0 Å². The second kappa shape index (κ2) is 5.64. The summed E-state index contributed by atoms with van der Waals surface area (Å²) in [4.78, 5) is 10.0. The van der Waals surface area contributed by atoms with Gasteiger partial charge in [0.2, 0.25) is 10.0 Å². The van der Waals surface area contributed by atoms with Crippen molar-refractivity contribution in [2.75, 3.05) is 26.2 Å². The van der Waals surface area contributed by atoms with Crippen molar-refractivity contribution >= 4 is 15.7 Å². The van der Waals surface area contributed by atoms with Crippen LogP contribution in [0.5, 0.6) is 0 Å². The zero-order chi connectivity index (χ0) is 13.9. The largest absolute Gasteiger partial charge is 0.315 e. The van der Waals surface area contributed by atoms with Gasteiger partial charge in [0.15, 0.2) is 4.90 Å². The van der Waals surface area contributed by atoms with Crippen LogP contribution >= 0.6 is 0 Å². The summed E-state index contributed by atoms with van der Waals surface area (Å²) in [5.74, 6) is 0. The third-order valence-electron chi connectivity index (χ3n) is 2.98. The summed E-state index contributed by atoms with van der Waals surface area (Å²) >= 11 is 0. The van der Waals surface area contributed by atoms with E-state index < -0.39 is 14.9 Å². The van der Waals surface area contributed by atoms with E-state index in [1.54, 1.807) is 0 Å². The molecule has 0 atom stereocenters. The molecular formula is C11H15N3O4S. The van der Waals surface area contributed by atoms with E-state index in [1.807, 2.05) is 0 Å². The highest BCUT2D eigenvalue weighted by Gasteiger charge is 2.31. The maximum absolute atomic E-state index is 12.5. The summed E-state index contributed by atoms with van der Waals surface area (Å²) in [6.45, 7) is 2.01. The zero-order valence-electron chi connectivity index (χ0n) is 10.3. The number of nitro benzene ring substituents is 1. The van der Waals surface area contributed by atoms with Gasteiger partial charge in [0.05, 0.1) is 4.92 Å². The van der Waals surface area contributed by atoms with Crippen LogP contribution < -0.4 is 5.32 Å². The van der Waals surface area contributed by atoms with Crippen LogP contribution in [0.25, 0.3) is 0 Å². The molecule has 1 aromatic rings. The molecule has 1 heterocycles. The van der Waals surface area contributed by atoms with Crippen molar-refractivity contribution in [2.45, 2.75) is 11.3 Å². The van der Waals surface area contributed by atoms with Crippen molar-refractivity contribution < 1.29 is 13.3 Å². The molecule has 0 spiro atoms. The number of nitro groups is 1. The Kier molecular flexibility index (Phi) is 4.13. The van der Waals surface area contributed by atoms with E-state index in [9.17, 15) is 18.5 Å². The van der Waals surface area contributed by atoms with Gasteiger partial charge < -0.3 is 5.32 Å². The molecule has 104 valence electrons. The summed E-state index contributed by atoms with van der Waals surface area (Å²) in [5.41, 5.74) is -0.375. The normalized spacial score (nSPS) is 17.9. The summed E-state index contributed by atoms with van der Waals surface area (Å²) in [5, 5.41) is 14.0. The van der Waals surface area contributed by atoms with Crippen LogP contribution in [0.1, 0.15) is 6.42 Å². The summed E-state index contributed by atoms with van der Waals surface area (Å²) in [6.07, 6.45) is 0.694. The average molecular weight is 285 g/mol. The van der Waals surface area contributed by atoms with Gasteiger partial charge in [-0.15, -0.1) is 0 Å². The van der Waals surface area contributed by atoms with Gasteiger partial charge in [-0.3, -0.25) is 10.1 Å². The number of nitrogens with zero attached hydrogens (tertiary/aromatic N) is 2. The molecule has 1 aliphatic rings. The molecular weight excluding hydrogens is 270 g/mol. The SMILES string of the molecule is O=[N+]([O-])c1ccccc1S(=O)(=O)N1CCCNCC1. The van der Waals surface area contributed by atoms with Crippen LogP contribution in [-0.2, 0) is 10.0 Å². The van der Waals surface area contributed by atoms with Crippen molar-refractivity contribution in [3.8, 4) is 0 Å². The minimum absolute atomic E-state index is 0.234. The van der Waals surface area contributed by atoms with Gasteiger partial charge in [-0.2, -0.15) is 4.31 Å². The molecule has 1 aliphatic heterocycles. The molecule has 2 rings (SSSR count). The number of nitrogens with one attached hydrogen (secondary N) is 1. The first kappa shape index (κ1) is 13.9. The summed E-state index contributed by atoms with van der Waals surface area (Å²) in [6, 6.07) is 5.45.